The first kappa shape index (κ1) is 12.9. The molecule has 0 aromatic heterocycles. The average Bonchev–Trinajstić information content (AvgIpc) is 2.78. The quantitative estimate of drug-likeness (QED) is 0.750. The number of hydrogen-bond acceptors (Lipinski definition) is 1. The maximum atomic E-state index is 13.7. The molecule has 2 aromatic carbocycles. The lowest BCUT2D eigenvalue weighted by Gasteiger charge is -2.17. The monoisotopic (exact) mass is 367 g/mol. The van der Waals surface area contributed by atoms with Gasteiger partial charge in [-0.15, -0.1) is 0 Å². The molecule has 1 unspecified atom stereocenters. The predicted molar refractivity (Wildman–Crippen MR) is 85.0 cm³/mol. The molecule has 1 atom stereocenters. The molecule has 0 fully saturated rings. The van der Waals surface area contributed by atoms with Crippen LogP contribution in [0.25, 0.3) is 0 Å². The number of rotatable bonds is 2. The van der Waals surface area contributed by atoms with Gasteiger partial charge in [0.05, 0.1) is 6.04 Å². The highest BCUT2D eigenvalue weighted by atomic mass is 127. The molecule has 1 aliphatic carbocycles. The minimum atomic E-state index is -0.0684. The van der Waals surface area contributed by atoms with E-state index in [1.165, 1.54) is 9.13 Å². The van der Waals surface area contributed by atoms with Gasteiger partial charge < -0.3 is 5.32 Å². The molecular weight excluding hydrogens is 352 g/mol. The van der Waals surface area contributed by atoms with Crippen molar-refractivity contribution in [2.75, 3.05) is 5.32 Å². The van der Waals surface area contributed by atoms with Crippen molar-refractivity contribution in [1.82, 2.24) is 0 Å². The highest BCUT2D eigenvalue weighted by molar-refractivity contribution is 14.1. The van der Waals surface area contributed by atoms with Crippen LogP contribution in [0.15, 0.2) is 36.4 Å². The SMILES string of the molecule is Cc1cc(I)ccc1NC1CCc2c(F)cccc21. The molecule has 0 saturated heterocycles. The summed E-state index contributed by atoms with van der Waals surface area (Å²) < 4.78 is 14.9. The Labute approximate surface area is 126 Å². The van der Waals surface area contributed by atoms with Gasteiger partial charge in [-0.05, 0) is 83.3 Å². The third kappa shape index (κ3) is 2.48. The van der Waals surface area contributed by atoms with E-state index >= 15 is 0 Å². The lowest BCUT2D eigenvalue weighted by Crippen LogP contribution is -2.08. The van der Waals surface area contributed by atoms with E-state index in [0.29, 0.717) is 0 Å². The third-order valence-electron chi connectivity index (χ3n) is 3.73. The summed E-state index contributed by atoms with van der Waals surface area (Å²) in [6.45, 7) is 2.10. The van der Waals surface area contributed by atoms with Crippen molar-refractivity contribution >= 4 is 28.3 Å². The highest BCUT2D eigenvalue weighted by Crippen LogP contribution is 2.35. The van der Waals surface area contributed by atoms with Crippen LogP contribution in [0.3, 0.4) is 0 Å². The zero-order chi connectivity index (χ0) is 13.4. The lowest BCUT2D eigenvalue weighted by molar-refractivity contribution is 0.612. The second-order valence-corrected chi connectivity index (χ2v) is 6.25. The van der Waals surface area contributed by atoms with Gasteiger partial charge in [0.15, 0.2) is 0 Å². The fraction of sp³-hybridized carbons (Fsp3) is 0.250. The van der Waals surface area contributed by atoms with Crippen LogP contribution in [0, 0.1) is 16.3 Å². The maximum Gasteiger partial charge on any atom is 0.126 e. The Kier molecular flexibility index (Phi) is 3.48. The molecule has 98 valence electrons. The number of halogens is 2. The summed E-state index contributed by atoms with van der Waals surface area (Å²) in [6, 6.07) is 12.0. The second kappa shape index (κ2) is 5.12. The summed E-state index contributed by atoms with van der Waals surface area (Å²) in [5.41, 5.74) is 4.36. The van der Waals surface area contributed by atoms with Gasteiger partial charge in [-0.1, -0.05) is 12.1 Å². The fourth-order valence-electron chi connectivity index (χ4n) is 2.74. The van der Waals surface area contributed by atoms with Crippen LogP contribution in [0.4, 0.5) is 10.1 Å². The van der Waals surface area contributed by atoms with Crippen molar-refractivity contribution in [3.63, 3.8) is 0 Å². The Bertz CT molecular complexity index is 624. The summed E-state index contributed by atoms with van der Waals surface area (Å²) in [6.07, 6.45) is 1.78. The molecule has 1 N–H and O–H groups in total. The zero-order valence-electron chi connectivity index (χ0n) is 10.7. The Balaban J connectivity index is 1.89. The van der Waals surface area contributed by atoms with E-state index in [9.17, 15) is 4.39 Å². The maximum absolute atomic E-state index is 13.7. The first-order chi connectivity index (χ1) is 9.15. The lowest BCUT2D eigenvalue weighted by atomic mass is 10.1. The van der Waals surface area contributed by atoms with Crippen LogP contribution >= 0.6 is 22.6 Å². The zero-order valence-corrected chi connectivity index (χ0v) is 12.9. The van der Waals surface area contributed by atoms with Crippen molar-refractivity contribution in [3.8, 4) is 0 Å². The van der Waals surface area contributed by atoms with Crippen LogP contribution in [0.1, 0.15) is 29.2 Å². The number of nitrogens with one attached hydrogen (secondary N) is 1. The van der Waals surface area contributed by atoms with E-state index in [1.807, 2.05) is 6.07 Å². The van der Waals surface area contributed by atoms with Crippen LogP contribution in [-0.2, 0) is 6.42 Å². The normalized spacial score (nSPS) is 17.3. The van der Waals surface area contributed by atoms with Crippen LogP contribution in [0.5, 0.6) is 0 Å². The molecule has 1 nitrogen and oxygen atoms in total. The molecule has 0 amide bonds. The van der Waals surface area contributed by atoms with E-state index in [2.05, 4.69) is 53.0 Å². The Hall–Kier alpha value is -1.10. The summed E-state index contributed by atoms with van der Waals surface area (Å²) in [5.74, 6) is -0.0684. The third-order valence-corrected chi connectivity index (χ3v) is 4.40. The van der Waals surface area contributed by atoms with Crippen molar-refractivity contribution < 1.29 is 4.39 Å². The van der Waals surface area contributed by atoms with E-state index in [4.69, 9.17) is 0 Å². The first-order valence-corrected chi connectivity index (χ1v) is 7.53. The van der Waals surface area contributed by atoms with Gasteiger partial charge in [0.25, 0.3) is 0 Å². The van der Waals surface area contributed by atoms with Crippen LogP contribution in [-0.4, -0.2) is 0 Å². The number of aryl methyl sites for hydroxylation is 1. The van der Waals surface area contributed by atoms with Gasteiger partial charge in [-0.3, -0.25) is 0 Å². The molecule has 0 heterocycles. The second-order valence-electron chi connectivity index (χ2n) is 5.00. The molecule has 3 heteroatoms. The van der Waals surface area contributed by atoms with Crippen molar-refractivity contribution in [2.24, 2.45) is 0 Å². The highest BCUT2D eigenvalue weighted by Gasteiger charge is 2.24. The first-order valence-electron chi connectivity index (χ1n) is 6.45. The Morgan fingerprint density at radius 2 is 2.11 bits per heavy atom. The van der Waals surface area contributed by atoms with E-state index in [1.54, 1.807) is 12.1 Å². The standard InChI is InChI=1S/C16H15FIN/c1-10-9-11(18)5-7-15(10)19-16-8-6-12-13(16)3-2-4-14(12)17/h2-5,7,9,16,19H,6,8H2,1H3. The van der Waals surface area contributed by atoms with Crippen molar-refractivity contribution in [3.05, 3.63) is 62.5 Å². The molecule has 2 aromatic rings. The molecule has 0 bridgehead atoms. The molecule has 0 radical (unpaired) electrons. The molecule has 0 spiro atoms. The van der Waals surface area contributed by atoms with Gasteiger partial charge in [0, 0.05) is 9.26 Å². The molecule has 1 aliphatic rings. The molecule has 0 saturated carbocycles. The topological polar surface area (TPSA) is 12.0 Å². The summed E-state index contributed by atoms with van der Waals surface area (Å²) in [4.78, 5) is 0. The van der Waals surface area contributed by atoms with Crippen molar-refractivity contribution in [2.45, 2.75) is 25.8 Å². The van der Waals surface area contributed by atoms with Gasteiger partial charge in [-0.2, -0.15) is 0 Å². The van der Waals surface area contributed by atoms with Crippen LogP contribution in [0.2, 0.25) is 0 Å². The molecular formula is C16H15FIN. The summed E-state index contributed by atoms with van der Waals surface area (Å²) in [7, 11) is 0. The molecule has 0 aliphatic heterocycles. The van der Waals surface area contributed by atoms with E-state index in [-0.39, 0.29) is 11.9 Å². The largest absolute Gasteiger partial charge is 0.378 e. The van der Waals surface area contributed by atoms with Crippen LogP contribution < -0.4 is 5.32 Å². The predicted octanol–water partition coefficient (Wildman–Crippen LogP) is 4.84. The van der Waals surface area contributed by atoms with Gasteiger partial charge in [0.2, 0.25) is 0 Å². The molecule has 19 heavy (non-hydrogen) atoms. The number of anilines is 1. The Morgan fingerprint density at radius 1 is 1.26 bits per heavy atom. The number of benzene rings is 2. The van der Waals surface area contributed by atoms with Crippen molar-refractivity contribution in [1.29, 1.82) is 0 Å². The van der Waals surface area contributed by atoms with Gasteiger partial charge in [-0.25, -0.2) is 4.39 Å². The number of fused-ring (bicyclic) bond motifs is 1. The Morgan fingerprint density at radius 3 is 2.89 bits per heavy atom. The fourth-order valence-corrected chi connectivity index (χ4v) is 3.38. The van der Waals surface area contributed by atoms with E-state index in [0.717, 1.165) is 29.7 Å². The minimum Gasteiger partial charge on any atom is -0.378 e. The smallest absolute Gasteiger partial charge is 0.126 e. The molecule has 3 rings (SSSR count). The van der Waals surface area contributed by atoms with E-state index < -0.39 is 0 Å². The number of hydrogen-bond donors (Lipinski definition) is 1. The van der Waals surface area contributed by atoms with Gasteiger partial charge in [0.1, 0.15) is 5.82 Å². The summed E-state index contributed by atoms with van der Waals surface area (Å²) in [5, 5.41) is 3.55. The minimum absolute atomic E-state index is 0.0684. The van der Waals surface area contributed by atoms with Gasteiger partial charge >= 0.3 is 0 Å². The summed E-state index contributed by atoms with van der Waals surface area (Å²) >= 11 is 2.31. The average molecular weight is 367 g/mol.